The third-order valence-electron chi connectivity index (χ3n) is 2.17. The van der Waals surface area contributed by atoms with Gasteiger partial charge in [0, 0.05) is 6.04 Å². The average Bonchev–Trinajstić information content (AvgIpc) is 2.61. The fourth-order valence-corrected chi connectivity index (χ4v) is 1.60. The van der Waals surface area contributed by atoms with Crippen LogP contribution >= 0.6 is 12.4 Å². The molecule has 1 aromatic carbocycles. The van der Waals surface area contributed by atoms with E-state index in [1.165, 1.54) is 0 Å². The van der Waals surface area contributed by atoms with E-state index >= 15 is 0 Å². The predicted octanol–water partition coefficient (Wildman–Crippen LogP) is 1.74. The van der Waals surface area contributed by atoms with Gasteiger partial charge >= 0.3 is 0 Å². The largest absolute Gasteiger partial charge is 0.493 e. The van der Waals surface area contributed by atoms with Crippen molar-refractivity contribution in [3.8, 4) is 17.2 Å². The molecule has 0 radical (unpaired) electrons. The lowest BCUT2D eigenvalue weighted by atomic mass is 10.1. The highest BCUT2D eigenvalue weighted by atomic mass is 35.5. The van der Waals surface area contributed by atoms with Gasteiger partial charge < -0.3 is 19.9 Å². The van der Waals surface area contributed by atoms with E-state index in [1.807, 2.05) is 6.92 Å². The SMILES string of the molecule is Cl.[2H]C([2H])([2H])Oc1cc(CC(C)N)cc2c1OCO2. The number of methoxy groups -OCH3 is 1. The van der Waals surface area contributed by atoms with Crippen LogP contribution < -0.4 is 19.9 Å². The van der Waals surface area contributed by atoms with Gasteiger partial charge in [0.05, 0.1) is 11.2 Å². The lowest BCUT2D eigenvalue weighted by Gasteiger charge is -2.09. The van der Waals surface area contributed by atoms with E-state index in [0.717, 1.165) is 5.56 Å². The summed E-state index contributed by atoms with van der Waals surface area (Å²) in [5.41, 5.74) is 6.58. The maximum Gasteiger partial charge on any atom is 0.231 e. The number of halogens is 1. The van der Waals surface area contributed by atoms with E-state index in [1.54, 1.807) is 12.1 Å². The van der Waals surface area contributed by atoms with Crippen molar-refractivity contribution in [1.29, 1.82) is 0 Å². The van der Waals surface area contributed by atoms with Gasteiger partial charge in [-0.25, -0.2) is 0 Å². The summed E-state index contributed by atoms with van der Waals surface area (Å²) in [6, 6.07) is 3.38. The zero-order valence-corrected chi connectivity index (χ0v) is 9.67. The van der Waals surface area contributed by atoms with Crippen LogP contribution in [0.5, 0.6) is 17.2 Å². The van der Waals surface area contributed by atoms with Gasteiger partial charge in [0.25, 0.3) is 0 Å². The van der Waals surface area contributed by atoms with Crippen molar-refractivity contribution in [3.05, 3.63) is 17.7 Å². The Hall–Kier alpha value is -1.13. The summed E-state index contributed by atoms with van der Waals surface area (Å²) < 4.78 is 36.8. The Balaban J connectivity index is 0.00000180. The van der Waals surface area contributed by atoms with Crippen LogP contribution in [0.25, 0.3) is 0 Å². The van der Waals surface area contributed by atoms with Gasteiger partial charge in [-0.05, 0) is 31.0 Å². The number of fused-ring (bicyclic) bond motifs is 1. The minimum absolute atomic E-state index is 0. The second-order valence-electron chi connectivity index (χ2n) is 3.61. The molecule has 0 spiro atoms. The van der Waals surface area contributed by atoms with Crippen LogP contribution in [0.2, 0.25) is 0 Å². The maximum atomic E-state index is 7.13. The number of rotatable bonds is 3. The summed E-state index contributed by atoms with van der Waals surface area (Å²) in [5.74, 6) is 0.993. The predicted molar refractivity (Wildman–Crippen MR) is 63.7 cm³/mol. The first-order valence-electron chi connectivity index (χ1n) is 6.22. The van der Waals surface area contributed by atoms with Crippen molar-refractivity contribution in [2.75, 3.05) is 13.8 Å². The zero-order chi connectivity index (χ0) is 13.3. The van der Waals surface area contributed by atoms with E-state index in [9.17, 15) is 0 Å². The maximum absolute atomic E-state index is 7.13. The molecule has 0 saturated heterocycles. The number of benzene rings is 1. The first-order valence-corrected chi connectivity index (χ1v) is 4.72. The molecule has 1 aliphatic heterocycles. The minimum atomic E-state index is -2.52. The quantitative estimate of drug-likeness (QED) is 0.885. The third-order valence-corrected chi connectivity index (χ3v) is 2.17. The molecule has 0 bridgehead atoms. The lowest BCUT2D eigenvalue weighted by Crippen LogP contribution is -2.17. The molecule has 1 aliphatic rings. The van der Waals surface area contributed by atoms with Crippen LogP contribution in [0.1, 0.15) is 16.6 Å². The molecular weight excluding hydrogens is 230 g/mol. The van der Waals surface area contributed by atoms with E-state index in [2.05, 4.69) is 0 Å². The number of hydrogen-bond acceptors (Lipinski definition) is 4. The molecule has 0 saturated carbocycles. The zero-order valence-electron chi connectivity index (χ0n) is 11.9. The fourth-order valence-electron chi connectivity index (χ4n) is 1.60. The Labute approximate surface area is 105 Å². The van der Waals surface area contributed by atoms with Crippen LogP contribution in [0, 0.1) is 0 Å². The highest BCUT2D eigenvalue weighted by molar-refractivity contribution is 5.85. The Morgan fingerprint density at radius 2 is 2.38 bits per heavy atom. The van der Waals surface area contributed by atoms with Gasteiger partial charge in [-0.2, -0.15) is 0 Å². The van der Waals surface area contributed by atoms with Crippen molar-refractivity contribution >= 4 is 12.4 Å². The molecule has 2 rings (SSSR count). The molecule has 0 aliphatic carbocycles. The molecule has 4 nitrogen and oxygen atoms in total. The average molecular weight is 249 g/mol. The van der Waals surface area contributed by atoms with Crippen molar-refractivity contribution in [1.82, 2.24) is 0 Å². The highest BCUT2D eigenvalue weighted by Crippen LogP contribution is 2.41. The number of hydrogen-bond donors (Lipinski definition) is 1. The Bertz CT molecular complexity index is 452. The summed E-state index contributed by atoms with van der Waals surface area (Å²) in [4.78, 5) is 0. The van der Waals surface area contributed by atoms with E-state index in [4.69, 9.17) is 24.1 Å². The van der Waals surface area contributed by atoms with Crippen molar-refractivity contribution < 1.29 is 18.3 Å². The van der Waals surface area contributed by atoms with Crippen LogP contribution in [-0.4, -0.2) is 19.9 Å². The van der Waals surface area contributed by atoms with E-state index in [0.29, 0.717) is 17.9 Å². The van der Waals surface area contributed by atoms with Gasteiger partial charge in [-0.15, -0.1) is 12.4 Å². The van der Waals surface area contributed by atoms with Crippen LogP contribution in [0.4, 0.5) is 0 Å². The van der Waals surface area contributed by atoms with Crippen LogP contribution in [0.15, 0.2) is 12.1 Å². The Morgan fingerprint density at radius 1 is 1.56 bits per heavy atom. The number of nitrogens with two attached hydrogens (primary N) is 1. The first kappa shape index (κ1) is 8.96. The second-order valence-corrected chi connectivity index (χ2v) is 3.61. The Kier molecular flexibility index (Phi) is 2.95. The summed E-state index contributed by atoms with van der Waals surface area (Å²) >= 11 is 0. The molecule has 1 atom stereocenters. The second kappa shape index (κ2) is 5.27. The van der Waals surface area contributed by atoms with Gasteiger partial charge in [-0.1, -0.05) is 0 Å². The normalized spacial score (nSPS) is 17.8. The number of ether oxygens (including phenoxy) is 3. The molecular formula is C11H16ClNO3. The standard InChI is InChI=1S/C11H15NO3.ClH/c1-7(12)3-8-4-9(13-2)11-10(5-8)14-6-15-11;/h4-5,7H,3,6,12H2,1-2H3;1H/i2D3;. The molecule has 1 aromatic rings. The molecule has 0 fully saturated rings. The third kappa shape index (κ3) is 2.51. The topological polar surface area (TPSA) is 53.7 Å². The monoisotopic (exact) mass is 248 g/mol. The van der Waals surface area contributed by atoms with Crippen molar-refractivity contribution in [2.45, 2.75) is 19.4 Å². The van der Waals surface area contributed by atoms with Gasteiger partial charge in [-0.3, -0.25) is 0 Å². The molecule has 16 heavy (non-hydrogen) atoms. The molecule has 1 heterocycles. The minimum Gasteiger partial charge on any atom is -0.493 e. The lowest BCUT2D eigenvalue weighted by molar-refractivity contribution is 0.171. The van der Waals surface area contributed by atoms with Crippen molar-refractivity contribution in [3.63, 3.8) is 0 Å². The van der Waals surface area contributed by atoms with E-state index < -0.39 is 7.04 Å². The summed E-state index contributed by atoms with van der Waals surface area (Å²) in [6.07, 6.45) is 0.605. The molecule has 5 heteroatoms. The summed E-state index contributed by atoms with van der Waals surface area (Å²) in [5, 5.41) is 0. The Morgan fingerprint density at radius 3 is 3.06 bits per heavy atom. The molecule has 0 amide bonds. The molecule has 0 aromatic heterocycles. The summed E-state index contributed by atoms with van der Waals surface area (Å²) in [6.45, 7) is 1.93. The fraction of sp³-hybridized carbons (Fsp3) is 0.455. The molecule has 2 N–H and O–H groups in total. The van der Waals surface area contributed by atoms with Crippen LogP contribution in [-0.2, 0) is 6.42 Å². The van der Waals surface area contributed by atoms with E-state index in [-0.39, 0.29) is 31.0 Å². The van der Waals surface area contributed by atoms with Gasteiger partial charge in [0.1, 0.15) is 0 Å². The highest BCUT2D eigenvalue weighted by Gasteiger charge is 2.20. The summed E-state index contributed by atoms with van der Waals surface area (Å²) in [7, 11) is -2.52. The molecule has 1 unspecified atom stereocenters. The first-order chi connectivity index (χ1) is 8.35. The molecule has 90 valence electrons. The van der Waals surface area contributed by atoms with Gasteiger partial charge in [0.2, 0.25) is 12.5 Å². The van der Waals surface area contributed by atoms with Gasteiger partial charge in [0.15, 0.2) is 11.5 Å². The van der Waals surface area contributed by atoms with Crippen molar-refractivity contribution in [2.24, 2.45) is 5.73 Å². The smallest absolute Gasteiger partial charge is 0.231 e. The van der Waals surface area contributed by atoms with Crippen LogP contribution in [0.3, 0.4) is 0 Å².